The molecule has 1 aliphatic rings. The molecule has 0 spiro atoms. The van der Waals surface area contributed by atoms with Gasteiger partial charge in [0, 0.05) is 24.3 Å². The van der Waals surface area contributed by atoms with Crippen LogP contribution in [0.25, 0.3) is 5.95 Å². The van der Waals surface area contributed by atoms with Gasteiger partial charge in [0.05, 0.1) is 29.7 Å². The van der Waals surface area contributed by atoms with Crippen LogP contribution in [0.4, 0.5) is 11.4 Å². The molecule has 3 aromatic rings. The van der Waals surface area contributed by atoms with E-state index in [0.29, 0.717) is 18.2 Å². The van der Waals surface area contributed by atoms with Gasteiger partial charge in [0.1, 0.15) is 0 Å². The van der Waals surface area contributed by atoms with Gasteiger partial charge in [-0.25, -0.2) is 14.6 Å². The number of hydrogen-bond donors (Lipinski definition) is 1. The monoisotopic (exact) mass is 390 g/mol. The fraction of sp³-hybridized carbons (Fsp3) is 0.286. The van der Waals surface area contributed by atoms with Gasteiger partial charge in [0.25, 0.3) is 5.95 Å². The van der Waals surface area contributed by atoms with Crippen molar-refractivity contribution in [2.45, 2.75) is 27.2 Å². The van der Waals surface area contributed by atoms with E-state index in [2.05, 4.69) is 20.4 Å². The van der Waals surface area contributed by atoms with E-state index in [9.17, 15) is 9.59 Å². The summed E-state index contributed by atoms with van der Waals surface area (Å²) in [5, 5.41) is 7.25. The Labute approximate surface area is 168 Å². The van der Waals surface area contributed by atoms with Crippen molar-refractivity contribution in [3.63, 3.8) is 0 Å². The number of benzene rings is 1. The third-order valence-electron chi connectivity index (χ3n) is 5.31. The number of carbonyl (C=O) groups excluding carboxylic acids is 2. The van der Waals surface area contributed by atoms with Gasteiger partial charge >= 0.3 is 0 Å². The fourth-order valence-electron chi connectivity index (χ4n) is 3.40. The second-order valence-corrected chi connectivity index (χ2v) is 7.21. The molecule has 4 rings (SSSR count). The van der Waals surface area contributed by atoms with Gasteiger partial charge in [0.2, 0.25) is 11.8 Å². The summed E-state index contributed by atoms with van der Waals surface area (Å²) in [6.07, 6.45) is 3.29. The highest BCUT2D eigenvalue weighted by Crippen LogP contribution is 2.25. The van der Waals surface area contributed by atoms with E-state index in [0.717, 1.165) is 22.6 Å². The highest BCUT2D eigenvalue weighted by atomic mass is 16.2. The number of amides is 2. The zero-order valence-corrected chi connectivity index (χ0v) is 16.6. The first kappa shape index (κ1) is 18.8. The standard InChI is InChI=1S/C21H22N6O2/c1-13-14(2)25-27(15(13)3)21-22-10-17(11-23-21)24-20(29)16-9-19(28)26(12-16)18-7-5-4-6-8-18/h4-8,10-11,16H,9,12H2,1-3H3,(H,24,29). The summed E-state index contributed by atoms with van der Waals surface area (Å²) in [4.78, 5) is 35.2. The smallest absolute Gasteiger partial charge is 0.250 e. The van der Waals surface area contributed by atoms with E-state index >= 15 is 0 Å². The number of aryl methyl sites for hydroxylation is 1. The molecule has 148 valence electrons. The maximum absolute atomic E-state index is 12.6. The molecule has 3 heterocycles. The molecule has 8 nitrogen and oxygen atoms in total. The van der Waals surface area contributed by atoms with E-state index in [1.165, 1.54) is 0 Å². The Hall–Kier alpha value is -3.55. The molecule has 1 aliphatic heterocycles. The molecule has 0 radical (unpaired) electrons. The highest BCUT2D eigenvalue weighted by Gasteiger charge is 2.35. The van der Waals surface area contributed by atoms with E-state index < -0.39 is 5.92 Å². The summed E-state index contributed by atoms with van der Waals surface area (Å²) >= 11 is 0. The van der Waals surface area contributed by atoms with Crippen molar-refractivity contribution in [1.29, 1.82) is 0 Å². The van der Waals surface area contributed by atoms with Gasteiger partial charge in [-0.3, -0.25) is 9.59 Å². The lowest BCUT2D eigenvalue weighted by Gasteiger charge is -2.16. The van der Waals surface area contributed by atoms with Crippen molar-refractivity contribution < 1.29 is 9.59 Å². The SMILES string of the molecule is Cc1nn(-c2ncc(NC(=O)C3CC(=O)N(c4ccccc4)C3)cn2)c(C)c1C. The molecule has 1 fully saturated rings. The first-order valence-electron chi connectivity index (χ1n) is 9.45. The second-order valence-electron chi connectivity index (χ2n) is 7.21. The van der Waals surface area contributed by atoms with Crippen molar-refractivity contribution in [1.82, 2.24) is 19.7 Å². The predicted octanol–water partition coefficient (Wildman–Crippen LogP) is 2.58. The van der Waals surface area contributed by atoms with Gasteiger partial charge in [-0.15, -0.1) is 0 Å². The summed E-state index contributed by atoms with van der Waals surface area (Å²) in [7, 11) is 0. The minimum Gasteiger partial charge on any atom is -0.323 e. The lowest BCUT2D eigenvalue weighted by Crippen LogP contribution is -2.28. The minimum absolute atomic E-state index is 0.0529. The summed E-state index contributed by atoms with van der Waals surface area (Å²) < 4.78 is 1.68. The van der Waals surface area contributed by atoms with Crippen molar-refractivity contribution in [2.75, 3.05) is 16.8 Å². The summed E-state index contributed by atoms with van der Waals surface area (Å²) in [6.45, 7) is 6.27. The highest BCUT2D eigenvalue weighted by molar-refractivity contribution is 6.03. The average molecular weight is 390 g/mol. The number of nitrogens with zero attached hydrogens (tertiary/aromatic N) is 5. The number of hydrogen-bond acceptors (Lipinski definition) is 5. The number of aromatic nitrogens is 4. The molecular weight excluding hydrogens is 368 g/mol. The van der Waals surface area contributed by atoms with Gasteiger partial charge in [-0.2, -0.15) is 5.10 Å². The molecule has 2 amide bonds. The van der Waals surface area contributed by atoms with Crippen molar-refractivity contribution in [2.24, 2.45) is 5.92 Å². The Morgan fingerprint density at radius 1 is 1.10 bits per heavy atom. The van der Waals surface area contributed by atoms with Crippen molar-refractivity contribution in [3.8, 4) is 5.95 Å². The van der Waals surface area contributed by atoms with Crippen LogP contribution in [0.3, 0.4) is 0 Å². The number of anilines is 2. The Morgan fingerprint density at radius 3 is 2.41 bits per heavy atom. The lowest BCUT2D eigenvalue weighted by atomic mass is 10.1. The lowest BCUT2D eigenvalue weighted by molar-refractivity contribution is -0.122. The number of rotatable bonds is 4. The van der Waals surface area contributed by atoms with Crippen molar-refractivity contribution >= 4 is 23.2 Å². The van der Waals surface area contributed by atoms with Crippen LogP contribution in [-0.2, 0) is 9.59 Å². The Morgan fingerprint density at radius 2 is 1.79 bits per heavy atom. The molecule has 1 atom stereocenters. The molecule has 1 N–H and O–H groups in total. The zero-order valence-electron chi connectivity index (χ0n) is 16.6. The zero-order chi connectivity index (χ0) is 20.5. The number of para-hydroxylation sites is 1. The van der Waals surface area contributed by atoms with Crippen LogP contribution in [-0.4, -0.2) is 38.1 Å². The van der Waals surface area contributed by atoms with Gasteiger partial charge < -0.3 is 10.2 Å². The molecular formula is C21H22N6O2. The van der Waals surface area contributed by atoms with E-state index in [1.54, 1.807) is 22.0 Å². The molecule has 0 aliphatic carbocycles. The number of nitrogens with one attached hydrogen (secondary N) is 1. The normalized spacial score (nSPS) is 16.3. The Balaban J connectivity index is 1.44. The maximum Gasteiger partial charge on any atom is 0.250 e. The summed E-state index contributed by atoms with van der Waals surface area (Å²) in [5.74, 6) is -0.234. The van der Waals surface area contributed by atoms with Gasteiger partial charge in [0.15, 0.2) is 0 Å². The quantitative estimate of drug-likeness (QED) is 0.739. The first-order valence-corrected chi connectivity index (χ1v) is 9.45. The molecule has 1 aromatic carbocycles. The largest absolute Gasteiger partial charge is 0.323 e. The van der Waals surface area contributed by atoms with E-state index in [1.807, 2.05) is 51.1 Å². The summed E-state index contributed by atoms with van der Waals surface area (Å²) in [6, 6.07) is 9.38. The van der Waals surface area contributed by atoms with Crippen LogP contribution in [0, 0.1) is 26.7 Å². The third-order valence-corrected chi connectivity index (χ3v) is 5.31. The predicted molar refractivity (Wildman–Crippen MR) is 109 cm³/mol. The number of carbonyl (C=O) groups is 2. The molecule has 0 saturated carbocycles. The minimum atomic E-state index is -0.416. The van der Waals surface area contributed by atoms with Crippen LogP contribution in [0.15, 0.2) is 42.7 Å². The van der Waals surface area contributed by atoms with Crippen LogP contribution in [0.1, 0.15) is 23.4 Å². The van der Waals surface area contributed by atoms with E-state index in [4.69, 9.17) is 0 Å². The molecule has 1 unspecified atom stereocenters. The topological polar surface area (TPSA) is 93.0 Å². The maximum atomic E-state index is 12.6. The molecule has 29 heavy (non-hydrogen) atoms. The van der Waals surface area contributed by atoms with E-state index in [-0.39, 0.29) is 18.2 Å². The molecule has 1 saturated heterocycles. The van der Waals surface area contributed by atoms with Gasteiger partial charge in [-0.1, -0.05) is 18.2 Å². The van der Waals surface area contributed by atoms with Crippen LogP contribution < -0.4 is 10.2 Å². The van der Waals surface area contributed by atoms with Crippen LogP contribution in [0.2, 0.25) is 0 Å². The Kier molecular flexibility index (Phi) is 4.84. The molecule has 0 bridgehead atoms. The molecule has 2 aromatic heterocycles. The fourth-order valence-corrected chi connectivity index (χ4v) is 3.40. The third kappa shape index (κ3) is 3.61. The van der Waals surface area contributed by atoms with Gasteiger partial charge in [-0.05, 0) is 38.5 Å². The molecule has 8 heteroatoms. The van der Waals surface area contributed by atoms with Crippen LogP contribution >= 0.6 is 0 Å². The summed E-state index contributed by atoms with van der Waals surface area (Å²) in [5.41, 5.74) is 4.30. The second kappa shape index (κ2) is 7.46. The first-order chi connectivity index (χ1) is 13.9. The van der Waals surface area contributed by atoms with Crippen molar-refractivity contribution in [3.05, 3.63) is 59.7 Å². The Bertz CT molecular complexity index is 1060. The van der Waals surface area contributed by atoms with Crippen LogP contribution in [0.5, 0.6) is 0 Å². The average Bonchev–Trinajstić information content (AvgIpc) is 3.24.